The molecule has 102 valence electrons. The maximum absolute atomic E-state index is 5.65. The predicted octanol–water partition coefficient (Wildman–Crippen LogP) is 2.12. The molecule has 0 radical (unpaired) electrons. The van der Waals surface area contributed by atoms with Crippen LogP contribution in [0.1, 0.15) is 40.5 Å². The van der Waals surface area contributed by atoms with Crippen LogP contribution in [0.15, 0.2) is 0 Å². The molecule has 3 heteroatoms. The average Bonchev–Trinajstić information content (AvgIpc) is 2.27. The van der Waals surface area contributed by atoms with Gasteiger partial charge >= 0.3 is 0 Å². The van der Waals surface area contributed by atoms with Crippen LogP contribution in [0.3, 0.4) is 0 Å². The monoisotopic (exact) mass is 242 g/mol. The van der Waals surface area contributed by atoms with Crippen molar-refractivity contribution in [1.82, 2.24) is 10.2 Å². The summed E-state index contributed by atoms with van der Waals surface area (Å²) in [5.41, 5.74) is 0.345. The molecule has 0 aliphatic carbocycles. The zero-order valence-electron chi connectivity index (χ0n) is 12.5. The van der Waals surface area contributed by atoms with Gasteiger partial charge in [-0.2, -0.15) is 0 Å². The lowest BCUT2D eigenvalue weighted by molar-refractivity contribution is -0.0590. The summed E-state index contributed by atoms with van der Waals surface area (Å²) in [4.78, 5) is 2.56. The molecule has 2 atom stereocenters. The molecule has 1 N–H and O–H groups in total. The second kappa shape index (κ2) is 5.68. The SMILES string of the molecule is CNC(C)C(C)(C)CN1CCCC(C)(OC)C1. The minimum atomic E-state index is 0.0528. The van der Waals surface area contributed by atoms with Crippen molar-refractivity contribution >= 4 is 0 Å². The van der Waals surface area contributed by atoms with E-state index in [0.717, 1.165) is 13.1 Å². The van der Waals surface area contributed by atoms with Crippen molar-refractivity contribution in [3.8, 4) is 0 Å². The Morgan fingerprint density at radius 2 is 2.12 bits per heavy atom. The summed E-state index contributed by atoms with van der Waals surface area (Å²) < 4.78 is 5.65. The standard InChI is InChI=1S/C14H30N2O/c1-12(15-5)13(2,3)10-16-9-7-8-14(4,11-16)17-6/h12,15H,7-11H2,1-6H3. The summed E-state index contributed by atoms with van der Waals surface area (Å²) in [5, 5.41) is 3.37. The molecule has 0 aromatic rings. The van der Waals surface area contributed by atoms with E-state index in [0.29, 0.717) is 11.5 Å². The van der Waals surface area contributed by atoms with Gasteiger partial charge < -0.3 is 10.1 Å². The van der Waals surface area contributed by atoms with Gasteiger partial charge in [-0.15, -0.1) is 0 Å². The highest BCUT2D eigenvalue weighted by atomic mass is 16.5. The lowest BCUT2D eigenvalue weighted by Gasteiger charge is -2.44. The van der Waals surface area contributed by atoms with Crippen LogP contribution in [0.5, 0.6) is 0 Å². The van der Waals surface area contributed by atoms with E-state index in [1.54, 1.807) is 0 Å². The number of rotatable bonds is 5. The number of piperidine rings is 1. The molecule has 1 aliphatic heterocycles. The van der Waals surface area contributed by atoms with Gasteiger partial charge in [0.1, 0.15) is 0 Å². The first-order chi connectivity index (χ1) is 7.83. The van der Waals surface area contributed by atoms with Crippen LogP contribution in [0, 0.1) is 5.41 Å². The molecule has 1 rings (SSSR count). The third kappa shape index (κ3) is 3.94. The normalized spacial score (nSPS) is 29.3. The van der Waals surface area contributed by atoms with Crippen molar-refractivity contribution in [2.75, 3.05) is 33.8 Å². The van der Waals surface area contributed by atoms with Gasteiger partial charge in [-0.1, -0.05) is 13.8 Å². The molecule has 0 saturated carbocycles. The van der Waals surface area contributed by atoms with Gasteiger partial charge in [-0.25, -0.2) is 0 Å². The number of ether oxygens (including phenoxy) is 1. The minimum absolute atomic E-state index is 0.0528. The molecule has 1 heterocycles. The van der Waals surface area contributed by atoms with Crippen LogP contribution in [0.2, 0.25) is 0 Å². The molecule has 1 saturated heterocycles. The molecule has 1 fully saturated rings. The predicted molar refractivity (Wildman–Crippen MR) is 73.4 cm³/mol. The first-order valence-electron chi connectivity index (χ1n) is 6.78. The summed E-state index contributed by atoms with van der Waals surface area (Å²) in [6.45, 7) is 12.6. The van der Waals surface area contributed by atoms with Crippen molar-refractivity contribution in [1.29, 1.82) is 0 Å². The summed E-state index contributed by atoms with van der Waals surface area (Å²) in [5.74, 6) is 0. The fraction of sp³-hybridized carbons (Fsp3) is 1.00. The van der Waals surface area contributed by atoms with Gasteiger partial charge in [-0.05, 0) is 45.7 Å². The molecule has 0 aromatic heterocycles. The molecule has 0 aromatic carbocycles. The van der Waals surface area contributed by atoms with Crippen molar-refractivity contribution in [2.45, 2.75) is 52.2 Å². The van der Waals surface area contributed by atoms with Gasteiger partial charge in [0.2, 0.25) is 0 Å². The van der Waals surface area contributed by atoms with E-state index in [1.807, 2.05) is 14.2 Å². The Morgan fingerprint density at radius 1 is 1.47 bits per heavy atom. The summed E-state index contributed by atoms with van der Waals surface area (Å²) in [6.07, 6.45) is 2.43. The minimum Gasteiger partial charge on any atom is -0.377 e. The number of nitrogens with zero attached hydrogens (tertiary/aromatic N) is 1. The van der Waals surface area contributed by atoms with Gasteiger partial charge in [0.05, 0.1) is 5.60 Å². The fourth-order valence-electron chi connectivity index (χ4n) is 2.71. The Bertz CT molecular complexity index is 242. The molecular weight excluding hydrogens is 212 g/mol. The Hall–Kier alpha value is -0.120. The van der Waals surface area contributed by atoms with Crippen LogP contribution in [-0.2, 0) is 4.74 Å². The van der Waals surface area contributed by atoms with Crippen LogP contribution in [0.4, 0.5) is 0 Å². The van der Waals surface area contributed by atoms with Crippen molar-refractivity contribution in [3.63, 3.8) is 0 Å². The van der Waals surface area contributed by atoms with Gasteiger partial charge in [0.25, 0.3) is 0 Å². The largest absolute Gasteiger partial charge is 0.377 e. The molecule has 0 amide bonds. The van der Waals surface area contributed by atoms with E-state index >= 15 is 0 Å². The molecule has 0 bridgehead atoms. The smallest absolute Gasteiger partial charge is 0.0777 e. The first kappa shape index (κ1) is 14.9. The average molecular weight is 242 g/mol. The topological polar surface area (TPSA) is 24.5 Å². The maximum Gasteiger partial charge on any atom is 0.0777 e. The van der Waals surface area contributed by atoms with Crippen molar-refractivity contribution in [3.05, 3.63) is 0 Å². The summed E-state index contributed by atoms with van der Waals surface area (Å²) in [6, 6.07) is 0.526. The number of hydrogen-bond donors (Lipinski definition) is 1. The van der Waals surface area contributed by atoms with E-state index in [4.69, 9.17) is 4.74 Å². The molecular formula is C14H30N2O. The highest BCUT2D eigenvalue weighted by molar-refractivity contribution is 4.89. The molecule has 0 spiro atoms. The van der Waals surface area contributed by atoms with Crippen LogP contribution in [0.25, 0.3) is 0 Å². The highest BCUT2D eigenvalue weighted by Gasteiger charge is 2.34. The van der Waals surface area contributed by atoms with Crippen LogP contribution in [-0.4, -0.2) is 50.3 Å². The molecule has 2 unspecified atom stereocenters. The zero-order chi connectivity index (χ0) is 13.1. The van der Waals surface area contributed by atoms with Gasteiger partial charge in [-0.3, -0.25) is 4.90 Å². The van der Waals surface area contributed by atoms with E-state index in [9.17, 15) is 0 Å². The number of likely N-dealkylation sites (tertiary alicyclic amines) is 1. The fourth-order valence-corrected chi connectivity index (χ4v) is 2.71. The Kier molecular flexibility index (Phi) is 4.99. The third-order valence-corrected chi connectivity index (χ3v) is 4.47. The van der Waals surface area contributed by atoms with Crippen molar-refractivity contribution in [2.24, 2.45) is 5.41 Å². The molecule has 3 nitrogen and oxygen atoms in total. The summed E-state index contributed by atoms with van der Waals surface area (Å²) in [7, 11) is 3.88. The van der Waals surface area contributed by atoms with Gasteiger partial charge in [0, 0.05) is 26.2 Å². The molecule has 17 heavy (non-hydrogen) atoms. The van der Waals surface area contributed by atoms with E-state index < -0.39 is 0 Å². The quantitative estimate of drug-likeness (QED) is 0.799. The van der Waals surface area contributed by atoms with Crippen LogP contribution < -0.4 is 5.32 Å². The van der Waals surface area contributed by atoms with Crippen LogP contribution >= 0.6 is 0 Å². The number of methoxy groups -OCH3 is 1. The summed E-state index contributed by atoms with van der Waals surface area (Å²) >= 11 is 0. The number of nitrogens with one attached hydrogen (secondary N) is 1. The van der Waals surface area contributed by atoms with E-state index in [2.05, 4.69) is 37.9 Å². The molecule has 1 aliphatic rings. The Balaban J connectivity index is 2.57. The maximum atomic E-state index is 5.65. The third-order valence-electron chi connectivity index (χ3n) is 4.47. The first-order valence-corrected chi connectivity index (χ1v) is 6.78. The van der Waals surface area contributed by atoms with Gasteiger partial charge in [0.15, 0.2) is 0 Å². The Labute approximate surface area is 107 Å². The lowest BCUT2D eigenvalue weighted by Crippen LogP contribution is -2.52. The highest BCUT2D eigenvalue weighted by Crippen LogP contribution is 2.28. The van der Waals surface area contributed by atoms with E-state index in [1.165, 1.54) is 19.4 Å². The second-order valence-electron chi connectivity index (χ2n) is 6.47. The van der Waals surface area contributed by atoms with E-state index in [-0.39, 0.29) is 5.60 Å². The zero-order valence-corrected chi connectivity index (χ0v) is 12.5. The second-order valence-corrected chi connectivity index (χ2v) is 6.47. The lowest BCUT2D eigenvalue weighted by atomic mass is 9.83. The Morgan fingerprint density at radius 3 is 2.65 bits per heavy atom. The van der Waals surface area contributed by atoms with Crippen molar-refractivity contribution < 1.29 is 4.74 Å². The number of hydrogen-bond acceptors (Lipinski definition) is 3.